The summed E-state index contributed by atoms with van der Waals surface area (Å²) in [4.78, 5) is 0. The molecule has 0 amide bonds. The van der Waals surface area contributed by atoms with Gasteiger partial charge in [-0.1, -0.05) is 29.3 Å². The molecular formula is C12H13Cl2NO. The maximum absolute atomic E-state index is 6.09. The first-order valence-corrected chi connectivity index (χ1v) is 5.97. The molecule has 1 unspecified atom stereocenters. The van der Waals surface area contributed by atoms with Crippen molar-refractivity contribution in [1.29, 1.82) is 0 Å². The molecule has 0 fully saturated rings. The molecule has 1 aromatic carbocycles. The predicted molar refractivity (Wildman–Crippen MR) is 66.7 cm³/mol. The third-order valence-corrected chi connectivity index (χ3v) is 3.31. The van der Waals surface area contributed by atoms with Gasteiger partial charge in [0.15, 0.2) is 0 Å². The fraction of sp³-hybridized carbons (Fsp3) is 0.333. The molecule has 0 bridgehead atoms. The first-order chi connectivity index (χ1) is 7.68. The number of benzene rings is 1. The summed E-state index contributed by atoms with van der Waals surface area (Å²) in [5.41, 5.74) is 7.01. The molecule has 1 aliphatic heterocycles. The van der Waals surface area contributed by atoms with Crippen LogP contribution >= 0.6 is 23.2 Å². The fourth-order valence-electron chi connectivity index (χ4n) is 1.66. The number of hydrogen-bond donors (Lipinski definition) is 1. The van der Waals surface area contributed by atoms with E-state index in [1.54, 1.807) is 12.1 Å². The van der Waals surface area contributed by atoms with Crippen LogP contribution in [0.1, 0.15) is 24.4 Å². The van der Waals surface area contributed by atoms with Crippen molar-refractivity contribution in [3.05, 3.63) is 45.6 Å². The molecule has 1 heterocycles. The lowest BCUT2D eigenvalue weighted by molar-refractivity contribution is 0.176. The molecule has 2 rings (SSSR count). The Morgan fingerprint density at radius 1 is 1.25 bits per heavy atom. The molecule has 86 valence electrons. The topological polar surface area (TPSA) is 35.2 Å². The second-order valence-corrected chi connectivity index (χ2v) is 4.56. The van der Waals surface area contributed by atoms with E-state index in [4.69, 9.17) is 33.7 Å². The molecule has 0 aromatic heterocycles. The van der Waals surface area contributed by atoms with Gasteiger partial charge < -0.3 is 10.5 Å². The number of rotatable bonds is 2. The summed E-state index contributed by atoms with van der Waals surface area (Å²) in [5.74, 6) is 0.824. The van der Waals surface area contributed by atoms with E-state index in [2.05, 4.69) is 0 Å². The van der Waals surface area contributed by atoms with Gasteiger partial charge >= 0.3 is 0 Å². The maximum atomic E-state index is 6.09. The molecule has 1 atom stereocenters. The summed E-state index contributed by atoms with van der Waals surface area (Å²) >= 11 is 11.8. The molecule has 2 nitrogen and oxygen atoms in total. The van der Waals surface area contributed by atoms with Gasteiger partial charge in [-0.05, 0) is 36.6 Å². The average molecular weight is 258 g/mol. The fourth-order valence-corrected chi connectivity index (χ4v) is 1.97. The van der Waals surface area contributed by atoms with Crippen LogP contribution in [0.3, 0.4) is 0 Å². The third-order valence-electron chi connectivity index (χ3n) is 2.57. The third kappa shape index (κ3) is 2.51. The summed E-state index contributed by atoms with van der Waals surface area (Å²) in [6.07, 6.45) is 4.11. The molecule has 0 saturated heterocycles. The standard InChI is InChI=1S/C12H13Cl2NO/c13-9-5-4-8(7-10(9)14)12(15)11-3-1-2-6-16-11/h3-5,7,12H,1-2,6,15H2. The van der Waals surface area contributed by atoms with Crippen LogP contribution in [0.4, 0.5) is 0 Å². The second-order valence-electron chi connectivity index (χ2n) is 3.75. The lowest BCUT2D eigenvalue weighted by atomic mass is 10.0. The van der Waals surface area contributed by atoms with Gasteiger partial charge in [0.2, 0.25) is 0 Å². The number of nitrogens with two attached hydrogens (primary N) is 1. The summed E-state index contributed by atoms with van der Waals surface area (Å²) in [6, 6.07) is 5.16. The van der Waals surface area contributed by atoms with Crippen LogP contribution in [-0.2, 0) is 4.74 Å². The monoisotopic (exact) mass is 257 g/mol. The van der Waals surface area contributed by atoms with Crippen molar-refractivity contribution >= 4 is 23.2 Å². The molecule has 2 N–H and O–H groups in total. The van der Waals surface area contributed by atoms with Gasteiger partial charge in [0, 0.05) is 0 Å². The molecule has 1 aromatic rings. The van der Waals surface area contributed by atoms with Gasteiger partial charge in [0.1, 0.15) is 5.76 Å². The molecule has 4 heteroatoms. The molecule has 0 aliphatic carbocycles. The molecule has 1 aliphatic rings. The van der Waals surface area contributed by atoms with E-state index in [9.17, 15) is 0 Å². The number of hydrogen-bond acceptors (Lipinski definition) is 2. The lowest BCUT2D eigenvalue weighted by Gasteiger charge is -2.21. The molecule has 16 heavy (non-hydrogen) atoms. The van der Waals surface area contributed by atoms with Crippen molar-refractivity contribution in [2.24, 2.45) is 5.73 Å². The summed E-state index contributed by atoms with van der Waals surface area (Å²) in [7, 11) is 0. The van der Waals surface area contributed by atoms with Gasteiger partial charge in [0.25, 0.3) is 0 Å². The summed E-state index contributed by atoms with van der Waals surface area (Å²) < 4.78 is 5.52. The van der Waals surface area contributed by atoms with Gasteiger partial charge in [-0.15, -0.1) is 0 Å². The SMILES string of the molecule is NC(C1=CCCCO1)c1ccc(Cl)c(Cl)c1. The maximum Gasteiger partial charge on any atom is 0.113 e. The van der Waals surface area contributed by atoms with Crippen LogP contribution in [0.5, 0.6) is 0 Å². The van der Waals surface area contributed by atoms with E-state index < -0.39 is 0 Å². The van der Waals surface area contributed by atoms with Crippen molar-refractivity contribution < 1.29 is 4.74 Å². The van der Waals surface area contributed by atoms with Crippen molar-refractivity contribution in [2.45, 2.75) is 18.9 Å². The Morgan fingerprint density at radius 2 is 2.06 bits per heavy atom. The zero-order valence-electron chi connectivity index (χ0n) is 8.75. The van der Waals surface area contributed by atoms with Crippen LogP contribution in [0, 0.1) is 0 Å². The number of allylic oxidation sites excluding steroid dienone is 1. The highest BCUT2D eigenvalue weighted by molar-refractivity contribution is 6.42. The Balaban J connectivity index is 2.22. The van der Waals surface area contributed by atoms with Crippen LogP contribution in [0.15, 0.2) is 30.0 Å². The van der Waals surface area contributed by atoms with Crippen LogP contribution in [-0.4, -0.2) is 6.61 Å². The van der Waals surface area contributed by atoms with Gasteiger partial charge in [0.05, 0.1) is 22.7 Å². The number of ether oxygens (including phenoxy) is 1. The lowest BCUT2D eigenvalue weighted by Crippen LogP contribution is -2.17. The van der Waals surface area contributed by atoms with E-state index in [1.165, 1.54) is 0 Å². The normalized spacial score (nSPS) is 17.6. The highest BCUT2D eigenvalue weighted by atomic mass is 35.5. The first kappa shape index (κ1) is 11.8. The van der Waals surface area contributed by atoms with Gasteiger partial charge in [-0.3, -0.25) is 0 Å². The predicted octanol–water partition coefficient (Wildman–Crippen LogP) is 3.69. The van der Waals surface area contributed by atoms with Gasteiger partial charge in [-0.2, -0.15) is 0 Å². The van der Waals surface area contributed by atoms with E-state index in [1.807, 2.05) is 12.1 Å². The first-order valence-electron chi connectivity index (χ1n) is 5.22. The molecular weight excluding hydrogens is 245 g/mol. The van der Waals surface area contributed by atoms with Crippen molar-refractivity contribution in [3.8, 4) is 0 Å². The number of halogens is 2. The minimum absolute atomic E-state index is 0.255. The Kier molecular flexibility index (Phi) is 3.74. The van der Waals surface area contributed by atoms with E-state index in [0.717, 1.165) is 30.8 Å². The summed E-state index contributed by atoms with van der Waals surface area (Å²) in [6.45, 7) is 0.737. The Morgan fingerprint density at radius 3 is 2.69 bits per heavy atom. The average Bonchev–Trinajstić information content (AvgIpc) is 2.33. The largest absolute Gasteiger partial charge is 0.496 e. The minimum atomic E-state index is -0.255. The van der Waals surface area contributed by atoms with E-state index in [-0.39, 0.29) is 6.04 Å². The Hall–Kier alpha value is -0.700. The summed E-state index contributed by atoms with van der Waals surface area (Å²) in [5, 5.41) is 1.06. The van der Waals surface area contributed by atoms with E-state index >= 15 is 0 Å². The van der Waals surface area contributed by atoms with Crippen molar-refractivity contribution in [2.75, 3.05) is 6.61 Å². The van der Waals surface area contributed by atoms with Crippen molar-refractivity contribution in [3.63, 3.8) is 0 Å². The molecule has 0 saturated carbocycles. The molecule has 0 radical (unpaired) electrons. The highest BCUT2D eigenvalue weighted by Crippen LogP contribution is 2.29. The minimum Gasteiger partial charge on any atom is -0.496 e. The Bertz CT molecular complexity index is 417. The van der Waals surface area contributed by atoms with E-state index in [0.29, 0.717) is 10.0 Å². The highest BCUT2D eigenvalue weighted by Gasteiger charge is 2.16. The van der Waals surface area contributed by atoms with Gasteiger partial charge in [-0.25, -0.2) is 0 Å². The zero-order chi connectivity index (χ0) is 11.5. The zero-order valence-corrected chi connectivity index (χ0v) is 10.3. The quantitative estimate of drug-likeness (QED) is 0.878. The smallest absolute Gasteiger partial charge is 0.113 e. The Labute approximate surface area is 105 Å². The van der Waals surface area contributed by atoms with Crippen molar-refractivity contribution in [1.82, 2.24) is 0 Å². The van der Waals surface area contributed by atoms with Crippen LogP contribution < -0.4 is 5.73 Å². The molecule has 0 spiro atoms. The van der Waals surface area contributed by atoms with Crippen LogP contribution in [0.25, 0.3) is 0 Å². The second kappa shape index (κ2) is 5.09. The van der Waals surface area contributed by atoms with Crippen LogP contribution in [0.2, 0.25) is 10.0 Å².